The Hall–Kier alpha value is -0.720. The first-order valence-corrected chi connectivity index (χ1v) is 4.19. The molecule has 1 aromatic rings. The van der Waals surface area contributed by atoms with E-state index < -0.39 is 22.8 Å². The summed E-state index contributed by atoms with van der Waals surface area (Å²) < 4.78 is 72.3. The number of hydrogen-bond donors (Lipinski definition) is 0. The molecule has 0 aromatic carbocycles. The van der Waals surface area contributed by atoms with Gasteiger partial charge in [0.05, 0.1) is 5.56 Å². The maximum atomic E-state index is 12.1. The van der Waals surface area contributed by atoms with E-state index in [0.717, 1.165) is 6.92 Å². The normalized spacial score (nSPS) is 13.4. The van der Waals surface area contributed by atoms with Crippen molar-refractivity contribution in [1.82, 2.24) is 0 Å². The third-order valence-corrected chi connectivity index (χ3v) is 2.60. The summed E-state index contributed by atoms with van der Waals surface area (Å²) in [6.07, 6.45) is -9.43. The molecule has 0 spiro atoms. The maximum absolute atomic E-state index is 12.1. The Morgan fingerprint density at radius 3 is 1.71 bits per heavy atom. The van der Waals surface area contributed by atoms with Gasteiger partial charge in [-0.1, -0.05) is 0 Å². The van der Waals surface area contributed by atoms with Crippen molar-refractivity contribution >= 4 is 11.3 Å². The van der Waals surface area contributed by atoms with Gasteiger partial charge in [-0.15, -0.1) is 11.3 Å². The monoisotopic (exact) mass is 234 g/mol. The molecule has 80 valence electrons. The predicted octanol–water partition coefficient (Wildman–Crippen LogP) is 4.09. The average Bonchev–Trinajstić information content (AvgIpc) is 2.27. The van der Waals surface area contributed by atoms with Crippen LogP contribution < -0.4 is 0 Å². The molecule has 1 aromatic heterocycles. The van der Waals surface area contributed by atoms with Crippen LogP contribution in [-0.4, -0.2) is 0 Å². The Labute approximate surface area is 79.2 Å². The maximum Gasteiger partial charge on any atom is 0.425 e. The zero-order chi connectivity index (χ0) is 11.1. The van der Waals surface area contributed by atoms with Crippen molar-refractivity contribution in [1.29, 1.82) is 0 Å². The molecule has 0 saturated carbocycles. The van der Waals surface area contributed by atoms with E-state index in [1.807, 2.05) is 0 Å². The fourth-order valence-corrected chi connectivity index (χ4v) is 1.81. The largest absolute Gasteiger partial charge is 0.425 e. The van der Waals surface area contributed by atoms with Crippen LogP contribution >= 0.6 is 11.3 Å². The molecule has 1 heterocycles. The van der Waals surface area contributed by atoms with Gasteiger partial charge in [-0.2, -0.15) is 26.3 Å². The summed E-state index contributed by atoms with van der Waals surface area (Å²) in [7, 11) is 0. The van der Waals surface area contributed by atoms with Crippen LogP contribution in [0, 0.1) is 6.92 Å². The van der Waals surface area contributed by atoms with Gasteiger partial charge in [-0.05, 0) is 13.0 Å². The smallest absolute Gasteiger partial charge is 0.166 e. The van der Waals surface area contributed by atoms with Crippen molar-refractivity contribution in [2.24, 2.45) is 0 Å². The molecule has 0 amide bonds. The van der Waals surface area contributed by atoms with Crippen molar-refractivity contribution in [3.63, 3.8) is 0 Å². The van der Waals surface area contributed by atoms with Crippen LogP contribution in [0.1, 0.15) is 15.3 Å². The Morgan fingerprint density at radius 1 is 1.00 bits per heavy atom. The van der Waals surface area contributed by atoms with E-state index in [-0.39, 0.29) is 22.3 Å². The zero-order valence-electron chi connectivity index (χ0n) is 6.75. The fourth-order valence-electron chi connectivity index (χ4n) is 0.903. The highest BCUT2D eigenvalue weighted by molar-refractivity contribution is 7.12. The van der Waals surface area contributed by atoms with Crippen molar-refractivity contribution in [2.45, 2.75) is 19.3 Å². The summed E-state index contributed by atoms with van der Waals surface area (Å²) in [4.78, 5) is -1.59. The van der Waals surface area contributed by atoms with Gasteiger partial charge in [0.1, 0.15) is 4.88 Å². The van der Waals surface area contributed by atoms with Crippen LogP contribution in [0.5, 0.6) is 0 Å². The Bertz CT molecular complexity index is 331. The highest BCUT2D eigenvalue weighted by Gasteiger charge is 2.39. The molecule has 0 bridgehead atoms. The van der Waals surface area contributed by atoms with Gasteiger partial charge >= 0.3 is 12.4 Å². The van der Waals surface area contributed by atoms with Crippen LogP contribution in [0.25, 0.3) is 0 Å². The van der Waals surface area contributed by atoms with E-state index in [2.05, 4.69) is 0 Å². The summed E-state index contributed by atoms with van der Waals surface area (Å²) >= 11 is 0.103. The first-order valence-electron chi connectivity index (χ1n) is 3.37. The first-order chi connectivity index (χ1) is 6.12. The second-order valence-corrected chi connectivity index (χ2v) is 3.83. The average molecular weight is 234 g/mol. The lowest BCUT2D eigenvalue weighted by Gasteiger charge is -2.04. The van der Waals surface area contributed by atoms with Gasteiger partial charge < -0.3 is 0 Å². The minimum absolute atomic E-state index is 0.103. The third kappa shape index (κ3) is 2.20. The van der Waals surface area contributed by atoms with E-state index >= 15 is 0 Å². The number of alkyl halides is 6. The number of rotatable bonds is 0. The van der Waals surface area contributed by atoms with Crippen molar-refractivity contribution in [3.05, 3.63) is 21.4 Å². The van der Waals surface area contributed by atoms with Crippen molar-refractivity contribution < 1.29 is 26.3 Å². The predicted molar refractivity (Wildman–Crippen MR) is 39.1 cm³/mol. The summed E-state index contributed by atoms with van der Waals surface area (Å²) in [5.41, 5.74) is -1.21. The highest BCUT2D eigenvalue weighted by atomic mass is 32.1. The molecule has 0 radical (unpaired) electrons. The molecule has 0 saturated heterocycles. The van der Waals surface area contributed by atoms with Crippen molar-refractivity contribution in [3.8, 4) is 0 Å². The molecule has 1 rings (SSSR count). The van der Waals surface area contributed by atoms with Crippen molar-refractivity contribution in [2.75, 3.05) is 0 Å². The number of aryl methyl sites for hydroxylation is 1. The highest BCUT2D eigenvalue weighted by Crippen LogP contribution is 2.42. The van der Waals surface area contributed by atoms with Gasteiger partial charge in [-0.3, -0.25) is 0 Å². The van der Waals surface area contributed by atoms with Crippen LogP contribution in [0.15, 0.2) is 6.07 Å². The van der Waals surface area contributed by atoms with Gasteiger partial charge in [0.15, 0.2) is 0 Å². The van der Waals surface area contributed by atoms with Crippen LogP contribution in [0.3, 0.4) is 0 Å². The van der Waals surface area contributed by atoms with Crippen LogP contribution in [-0.2, 0) is 12.4 Å². The molecular formula is C7H4F6S. The zero-order valence-corrected chi connectivity index (χ0v) is 7.57. The first kappa shape index (κ1) is 11.4. The van der Waals surface area contributed by atoms with Crippen LogP contribution in [0.2, 0.25) is 0 Å². The van der Waals surface area contributed by atoms with E-state index in [1.165, 1.54) is 0 Å². The van der Waals surface area contributed by atoms with E-state index in [4.69, 9.17) is 0 Å². The molecule has 0 nitrogen and oxygen atoms in total. The quantitative estimate of drug-likeness (QED) is 0.593. The second kappa shape index (κ2) is 3.15. The molecular weight excluding hydrogens is 230 g/mol. The molecule has 0 aliphatic rings. The summed E-state index contributed by atoms with van der Waals surface area (Å²) in [5.74, 6) is 0. The molecule has 0 aliphatic heterocycles. The lowest BCUT2D eigenvalue weighted by Crippen LogP contribution is -2.05. The SMILES string of the molecule is Cc1sc(C(F)(F)F)cc1C(F)(F)F. The number of hydrogen-bond acceptors (Lipinski definition) is 1. The minimum Gasteiger partial charge on any atom is -0.166 e. The van der Waals surface area contributed by atoms with Gasteiger partial charge in [-0.25, -0.2) is 0 Å². The second-order valence-electron chi connectivity index (χ2n) is 2.58. The van der Waals surface area contributed by atoms with Gasteiger partial charge in [0, 0.05) is 4.88 Å². The molecule has 0 unspecified atom stereocenters. The topological polar surface area (TPSA) is 0 Å². The lowest BCUT2D eigenvalue weighted by molar-refractivity contribution is -0.140. The minimum atomic E-state index is -4.72. The molecule has 7 heteroatoms. The summed E-state index contributed by atoms with van der Waals surface area (Å²) in [6.45, 7) is 1.02. The molecule has 14 heavy (non-hydrogen) atoms. The summed E-state index contributed by atoms with van der Waals surface area (Å²) in [6, 6.07) is 0.139. The molecule has 0 aliphatic carbocycles. The summed E-state index contributed by atoms with van der Waals surface area (Å²) in [5, 5.41) is 0. The fraction of sp³-hybridized carbons (Fsp3) is 0.429. The van der Waals surface area contributed by atoms with Crippen LogP contribution in [0.4, 0.5) is 26.3 Å². The Morgan fingerprint density at radius 2 is 1.50 bits per heavy atom. The van der Waals surface area contributed by atoms with Gasteiger partial charge in [0.2, 0.25) is 0 Å². The standard InChI is InChI=1S/C7H4F6S/c1-3-4(6(8,9)10)2-5(14-3)7(11,12)13/h2H,1H3. The molecule has 0 fully saturated rings. The van der Waals surface area contributed by atoms with E-state index in [1.54, 1.807) is 0 Å². The van der Waals surface area contributed by atoms with E-state index in [9.17, 15) is 26.3 Å². The Balaban J connectivity index is 3.19. The van der Waals surface area contributed by atoms with E-state index in [0.29, 0.717) is 0 Å². The molecule has 0 N–H and O–H groups in total. The molecule has 0 atom stereocenters. The van der Waals surface area contributed by atoms with Gasteiger partial charge in [0.25, 0.3) is 0 Å². The number of halogens is 6. The third-order valence-electron chi connectivity index (χ3n) is 1.50. The number of thiophene rings is 1. The Kier molecular flexibility index (Phi) is 2.55. The lowest BCUT2D eigenvalue weighted by atomic mass is 10.2.